The van der Waals surface area contributed by atoms with Crippen LogP contribution >= 0.6 is 0 Å². The molecule has 1 fully saturated rings. The number of hydrogen-bond donors (Lipinski definition) is 2. The Balaban J connectivity index is 1.73. The van der Waals surface area contributed by atoms with Crippen LogP contribution in [0.3, 0.4) is 0 Å². The van der Waals surface area contributed by atoms with Gasteiger partial charge in [-0.1, -0.05) is 30.3 Å². The van der Waals surface area contributed by atoms with E-state index >= 15 is 0 Å². The highest BCUT2D eigenvalue weighted by Gasteiger charge is 2.27. The van der Waals surface area contributed by atoms with Gasteiger partial charge in [0.15, 0.2) is 0 Å². The van der Waals surface area contributed by atoms with Gasteiger partial charge in [-0.3, -0.25) is 14.7 Å². The summed E-state index contributed by atoms with van der Waals surface area (Å²) in [5, 5.41) is 9.92. The molecule has 0 radical (unpaired) electrons. The van der Waals surface area contributed by atoms with Gasteiger partial charge in [0.2, 0.25) is 11.8 Å². The highest BCUT2D eigenvalue weighted by atomic mass is 16.2. The van der Waals surface area contributed by atoms with Crippen molar-refractivity contribution in [3.8, 4) is 11.1 Å². The van der Waals surface area contributed by atoms with Crippen molar-refractivity contribution >= 4 is 11.8 Å². The van der Waals surface area contributed by atoms with Gasteiger partial charge in [0.1, 0.15) is 0 Å². The lowest BCUT2D eigenvalue weighted by molar-refractivity contribution is -0.133. The van der Waals surface area contributed by atoms with E-state index in [1.54, 1.807) is 0 Å². The Bertz CT molecular complexity index is 711. The number of aromatic nitrogens is 2. The van der Waals surface area contributed by atoms with E-state index in [0.717, 1.165) is 36.2 Å². The zero-order chi connectivity index (χ0) is 16.9. The number of nitrogens with one attached hydrogen (secondary N) is 2. The summed E-state index contributed by atoms with van der Waals surface area (Å²) >= 11 is 0. The lowest BCUT2D eigenvalue weighted by Gasteiger charge is -2.32. The van der Waals surface area contributed by atoms with Crippen molar-refractivity contribution < 1.29 is 9.59 Å². The fraction of sp³-hybridized carbons (Fsp3) is 0.389. The second kappa shape index (κ2) is 7.29. The first-order valence-corrected chi connectivity index (χ1v) is 8.26. The molecule has 3 rings (SSSR count). The number of hydrogen-bond acceptors (Lipinski definition) is 3. The Morgan fingerprint density at radius 2 is 2.12 bits per heavy atom. The number of likely N-dealkylation sites (tertiary alicyclic amines) is 1. The van der Waals surface area contributed by atoms with E-state index in [1.165, 1.54) is 6.92 Å². The molecule has 126 valence electrons. The second-order valence-electron chi connectivity index (χ2n) is 6.15. The molecule has 0 aliphatic carbocycles. The highest BCUT2D eigenvalue weighted by molar-refractivity contribution is 5.83. The van der Waals surface area contributed by atoms with Crippen molar-refractivity contribution in [2.45, 2.75) is 25.7 Å². The fourth-order valence-electron chi connectivity index (χ4n) is 3.21. The van der Waals surface area contributed by atoms with Crippen LogP contribution in [0, 0.1) is 0 Å². The van der Waals surface area contributed by atoms with Gasteiger partial charge >= 0.3 is 0 Å². The van der Waals surface area contributed by atoms with E-state index < -0.39 is 0 Å². The number of aromatic amines is 1. The van der Waals surface area contributed by atoms with Crippen LogP contribution in [-0.4, -0.2) is 46.5 Å². The summed E-state index contributed by atoms with van der Waals surface area (Å²) in [7, 11) is 0. The van der Waals surface area contributed by atoms with Crippen LogP contribution in [0.25, 0.3) is 11.1 Å². The van der Waals surface area contributed by atoms with Gasteiger partial charge in [-0.25, -0.2) is 0 Å². The third-order valence-corrected chi connectivity index (χ3v) is 4.42. The zero-order valence-corrected chi connectivity index (χ0v) is 13.8. The largest absolute Gasteiger partial charge is 0.347 e. The van der Waals surface area contributed by atoms with Gasteiger partial charge < -0.3 is 10.2 Å². The van der Waals surface area contributed by atoms with Crippen LogP contribution in [-0.2, 0) is 9.59 Å². The number of benzene rings is 1. The van der Waals surface area contributed by atoms with Crippen molar-refractivity contribution in [1.82, 2.24) is 20.4 Å². The van der Waals surface area contributed by atoms with Crippen LogP contribution in [0.2, 0.25) is 0 Å². The molecule has 1 atom stereocenters. The molecule has 2 amide bonds. The minimum Gasteiger partial charge on any atom is -0.347 e. The summed E-state index contributed by atoms with van der Waals surface area (Å²) in [5.74, 6) is 0.0188. The number of nitrogens with zero attached hydrogens (tertiary/aromatic N) is 2. The molecule has 2 N–H and O–H groups in total. The van der Waals surface area contributed by atoms with Crippen molar-refractivity contribution in [3.63, 3.8) is 0 Å². The molecule has 1 saturated heterocycles. The lowest BCUT2D eigenvalue weighted by Crippen LogP contribution is -2.44. The van der Waals surface area contributed by atoms with Crippen LogP contribution in [0.1, 0.15) is 31.4 Å². The average molecular weight is 326 g/mol. The first-order chi connectivity index (χ1) is 11.6. The molecule has 1 aliphatic heterocycles. The molecule has 1 aliphatic rings. The molecule has 6 nitrogen and oxygen atoms in total. The fourth-order valence-corrected chi connectivity index (χ4v) is 3.21. The minimum absolute atomic E-state index is 0.0318. The third kappa shape index (κ3) is 3.64. The van der Waals surface area contributed by atoms with Gasteiger partial charge in [-0.05, 0) is 18.4 Å². The van der Waals surface area contributed by atoms with Crippen molar-refractivity contribution in [2.75, 3.05) is 19.6 Å². The highest BCUT2D eigenvalue weighted by Crippen LogP contribution is 2.32. The molecule has 24 heavy (non-hydrogen) atoms. The minimum atomic E-state index is -0.183. The lowest BCUT2D eigenvalue weighted by atomic mass is 9.90. The SMILES string of the molecule is CC(=O)NCC(=O)N1CCCC(c2[nH]ncc2-c2ccccc2)C1. The number of amides is 2. The standard InChI is InChI=1S/C18H22N4O2/c1-13(23)19-11-17(24)22-9-5-8-15(12-22)18-16(10-20-21-18)14-6-3-2-4-7-14/h2-4,6-7,10,15H,5,8-9,11-12H2,1H3,(H,19,23)(H,20,21). The number of H-pyrrole nitrogens is 1. The number of carbonyl (C=O) groups excluding carboxylic acids is 2. The Morgan fingerprint density at radius 1 is 1.33 bits per heavy atom. The average Bonchev–Trinajstić information content (AvgIpc) is 3.10. The van der Waals surface area contributed by atoms with E-state index in [2.05, 4.69) is 27.6 Å². The molecular formula is C18H22N4O2. The quantitative estimate of drug-likeness (QED) is 0.901. The topological polar surface area (TPSA) is 78.1 Å². The molecule has 1 aromatic heterocycles. The molecule has 0 bridgehead atoms. The predicted octanol–water partition coefficient (Wildman–Crippen LogP) is 1.92. The monoisotopic (exact) mass is 326 g/mol. The molecular weight excluding hydrogens is 304 g/mol. The Morgan fingerprint density at radius 3 is 2.88 bits per heavy atom. The molecule has 1 aromatic carbocycles. The Kier molecular flexibility index (Phi) is 4.93. The van der Waals surface area contributed by atoms with E-state index in [0.29, 0.717) is 6.54 Å². The van der Waals surface area contributed by atoms with Gasteiger partial charge in [0, 0.05) is 37.2 Å². The van der Waals surface area contributed by atoms with Gasteiger partial charge in [0.05, 0.1) is 12.7 Å². The summed E-state index contributed by atoms with van der Waals surface area (Å²) in [6.45, 7) is 2.88. The van der Waals surface area contributed by atoms with Crippen LogP contribution in [0.15, 0.2) is 36.5 Å². The van der Waals surface area contributed by atoms with E-state index in [1.807, 2.05) is 29.3 Å². The van der Waals surface area contributed by atoms with Crippen molar-refractivity contribution in [1.29, 1.82) is 0 Å². The summed E-state index contributed by atoms with van der Waals surface area (Å²) in [4.78, 5) is 25.1. The van der Waals surface area contributed by atoms with Gasteiger partial charge in [0.25, 0.3) is 0 Å². The van der Waals surface area contributed by atoms with E-state index in [9.17, 15) is 9.59 Å². The van der Waals surface area contributed by atoms with Crippen LogP contribution in [0.4, 0.5) is 0 Å². The van der Waals surface area contributed by atoms with Crippen molar-refractivity contribution in [3.05, 3.63) is 42.2 Å². The second-order valence-corrected chi connectivity index (χ2v) is 6.15. The molecule has 1 unspecified atom stereocenters. The van der Waals surface area contributed by atoms with Gasteiger partial charge in [-0.15, -0.1) is 0 Å². The number of piperidine rings is 1. The predicted molar refractivity (Wildman–Crippen MR) is 91.3 cm³/mol. The summed E-state index contributed by atoms with van der Waals surface area (Å²) < 4.78 is 0. The number of carbonyl (C=O) groups is 2. The zero-order valence-electron chi connectivity index (χ0n) is 13.8. The molecule has 0 saturated carbocycles. The summed E-state index contributed by atoms with van der Waals surface area (Å²) in [6, 6.07) is 10.1. The smallest absolute Gasteiger partial charge is 0.241 e. The Hall–Kier alpha value is -2.63. The Labute approximate surface area is 141 Å². The van der Waals surface area contributed by atoms with Gasteiger partial charge in [-0.2, -0.15) is 5.10 Å². The maximum absolute atomic E-state index is 12.3. The summed E-state index contributed by atoms with van der Waals surface area (Å²) in [5.41, 5.74) is 3.30. The normalized spacial score (nSPS) is 17.5. The van der Waals surface area contributed by atoms with E-state index in [4.69, 9.17) is 0 Å². The molecule has 0 spiro atoms. The van der Waals surface area contributed by atoms with Crippen LogP contribution in [0.5, 0.6) is 0 Å². The van der Waals surface area contributed by atoms with E-state index in [-0.39, 0.29) is 24.3 Å². The maximum Gasteiger partial charge on any atom is 0.241 e. The molecule has 2 aromatic rings. The van der Waals surface area contributed by atoms with Crippen LogP contribution < -0.4 is 5.32 Å². The molecule has 6 heteroatoms. The summed E-state index contributed by atoms with van der Waals surface area (Å²) in [6.07, 6.45) is 3.82. The van der Waals surface area contributed by atoms with Crippen molar-refractivity contribution in [2.24, 2.45) is 0 Å². The number of rotatable bonds is 4. The molecule has 2 heterocycles. The maximum atomic E-state index is 12.3. The first kappa shape index (κ1) is 16.2. The third-order valence-electron chi connectivity index (χ3n) is 4.42. The first-order valence-electron chi connectivity index (χ1n) is 8.26.